The zero-order valence-corrected chi connectivity index (χ0v) is 10.4. The molecule has 0 aromatic heterocycles. The van der Waals surface area contributed by atoms with Crippen molar-refractivity contribution >= 4 is 0 Å². The number of fused-ring (bicyclic) bond motifs is 1. The third-order valence-electron chi connectivity index (χ3n) is 3.65. The number of rotatable bonds is 3. The quantitative estimate of drug-likeness (QED) is 0.882. The molecule has 3 atom stereocenters. The Morgan fingerprint density at radius 1 is 1.28 bits per heavy atom. The minimum Gasteiger partial charge on any atom is -0.490 e. The van der Waals surface area contributed by atoms with E-state index in [4.69, 9.17) is 19.9 Å². The number of para-hydroxylation sites is 1. The van der Waals surface area contributed by atoms with E-state index in [1.165, 1.54) is 0 Å². The molecule has 0 aliphatic carbocycles. The predicted octanol–water partition coefficient (Wildman–Crippen LogP) is 1.50. The lowest BCUT2D eigenvalue weighted by Crippen LogP contribution is -2.39. The van der Waals surface area contributed by atoms with E-state index in [2.05, 4.69) is 0 Å². The van der Waals surface area contributed by atoms with Crippen molar-refractivity contribution < 1.29 is 14.2 Å². The highest BCUT2D eigenvalue weighted by atomic mass is 16.5. The Morgan fingerprint density at radius 3 is 3.00 bits per heavy atom. The van der Waals surface area contributed by atoms with Crippen LogP contribution in [0.5, 0.6) is 5.75 Å². The van der Waals surface area contributed by atoms with Gasteiger partial charge in [0.15, 0.2) is 0 Å². The van der Waals surface area contributed by atoms with Crippen LogP contribution in [-0.4, -0.2) is 32.5 Å². The zero-order chi connectivity index (χ0) is 12.4. The van der Waals surface area contributed by atoms with Crippen molar-refractivity contribution in [3.05, 3.63) is 29.8 Å². The molecule has 1 aromatic rings. The molecule has 3 rings (SSSR count). The lowest BCUT2D eigenvalue weighted by molar-refractivity contribution is -0.0233. The van der Waals surface area contributed by atoms with Crippen molar-refractivity contribution in [1.29, 1.82) is 0 Å². The molecule has 2 N–H and O–H groups in total. The van der Waals surface area contributed by atoms with E-state index in [1.807, 2.05) is 24.3 Å². The Labute approximate surface area is 107 Å². The van der Waals surface area contributed by atoms with Crippen LogP contribution in [0.25, 0.3) is 0 Å². The van der Waals surface area contributed by atoms with Crippen molar-refractivity contribution in [3.63, 3.8) is 0 Å². The number of ether oxygens (including phenoxy) is 3. The number of hydrogen-bond donors (Lipinski definition) is 1. The van der Waals surface area contributed by atoms with Crippen LogP contribution in [-0.2, 0) is 9.47 Å². The van der Waals surface area contributed by atoms with E-state index in [1.54, 1.807) is 0 Å². The van der Waals surface area contributed by atoms with Crippen LogP contribution in [0, 0.1) is 5.92 Å². The SMILES string of the molecule is NC1c2ccccc2OCC1OCC1CCOC1. The van der Waals surface area contributed by atoms with Gasteiger partial charge >= 0.3 is 0 Å². The summed E-state index contributed by atoms with van der Waals surface area (Å²) in [6.45, 7) is 2.90. The molecule has 1 fully saturated rings. The molecule has 0 amide bonds. The highest BCUT2D eigenvalue weighted by molar-refractivity contribution is 5.38. The first-order valence-electron chi connectivity index (χ1n) is 6.51. The maximum absolute atomic E-state index is 6.24. The highest BCUT2D eigenvalue weighted by Crippen LogP contribution is 2.31. The number of nitrogens with two attached hydrogens (primary N) is 1. The van der Waals surface area contributed by atoms with Gasteiger partial charge in [0, 0.05) is 18.1 Å². The van der Waals surface area contributed by atoms with Crippen molar-refractivity contribution in [2.45, 2.75) is 18.6 Å². The van der Waals surface area contributed by atoms with Crippen LogP contribution in [0.2, 0.25) is 0 Å². The third-order valence-corrected chi connectivity index (χ3v) is 3.65. The molecule has 2 aliphatic rings. The smallest absolute Gasteiger partial charge is 0.124 e. The molecular weight excluding hydrogens is 230 g/mol. The maximum atomic E-state index is 6.24. The molecule has 1 aromatic carbocycles. The highest BCUT2D eigenvalue weighted by Gasteiger charge is 2.29. The number of benzene rings is 1. The fraction of sp³-hybridized carbons (Fsp3) is 0.571. The van der Waals surface area contributed by atoms with E-state index in [-0.39, 0.29) is 12.1 Å². The molecule has 2 heterocycles. The third kappa shape index (κ3) is 2.36. The summed E-state index contributed by atoms with van der Waals surface area (Å²) in [6, 6.07) is 7.81. The van der Waals surface area contributed by atoms with Crippen LogP contribution in [0.1, 0.15) is 18.0 Å². The molecule has 1 saturated heterocycles. The molecule has 3 unspecified atom stereocenters. The minimum absolute atomic E-state index is 0.0551. The summed E-state index contributed by atoms with van der Waals surface area (Å²) in [6.07, 6.45) is 1.03. The van der Waals surface area contributed by atoms with Gasteiger partial charge in [-0.15, -0.1) is 0 Å². The maximum Gasteiger partial charge on any atom is 0.124 e. The summed E-state index contributed by atoms with van der Waals surface area (Å²) in [7, 11) is 0. The largest absolute Gasteiger partial charge is 0.490 e. The fourth-order valence-electron chi connectivity index (χ4n) is 2.49. The first-order chi connectivity index (χ1) is 8.84. The monoisotopic (exact) mass is 249 g/mol. The standard InChI is InChI=1S/C14H19NO3/c15-14-11-3-1-2-4-12(11)18-9-13(14)17-8-10-5-6-16-7-10/h1-4,10,13-14H,5-9,15H2. The van der Waals surface area contributed by atoms with Crippen LogP contribution in [0.4, 0.5) is 0 Å². The summed E-state index contributed by atoms with van der Waals surface area (Å²) >= 11 is 0. The van der Waals surface area contributed by atoms with Crippen molar-refractivity contribution in [2.24, 2.45) is 11.7 Å². The first-order valence-corrected chi connectivity index (χ1v) is 6.51. The van der Waals surface area contributed by atoms with E-state index < -0.39 is 0 Å². The summed E-state index contributed by atoms with van der Waals surface area (Å²) in [5.41, 5.74) is 7.28. The molecule has 0 radical (unpaired) electrons. The molecule has 2 aliphatic heterocycles. The molecule has 0 saturated carbocycles. The molecule has 4 heteroatoms. The molecule has 18 heavy (non-hydrogen) atoms. The topological polar surface area (TPSA) is 53.7 Å². The fourth-order valence-corrected chi connectivity index (χ4v) is 2.49. The Balaban J connectivity index is 1.61. The second-order valence-corrected chi connectivity index (χ2v) is 4.98. The van der Waals surface area contributed by atoms with Gasteiger partial charge in [0.25, 0.3) is 0 Å². The van der Waals surface area contributed by atoms with Gasteiger partial charge in [0.05, 0.1) is 19.3 Å². The van der Waals surface area contributed by atoms with Gasteiger partial charge in [-0.05, 0) is 12.5 Å². The van der Waals surface area contributed by atoms with Crippen molar-refractivity contribution in [3.8, 4) is 5.75 Å². The normalized spacial score (nSPS) is 30.8. The van der Waals surface area contributed by atoms with Crippen LogP contribution < -0.4 is 10.5 Å². The second kappa shape index (κ2) is 5.26. The van der Waals surface area contributed by atoms with Gasteiger partial charge in [-0.3, -0.25) is 0 Å². The number of hydrogen-bond acceptors (Lipinski definition) is 4. The lowest BCUT2D eigenvalue weighted by Gasteiger charge is -2.31. The average molecular weight is 249 g/mol. The van der Waals surface area contributed by atoms with Crippen LogP contribution >= 0.6 is 0 Å². The molecule has 98 valence electrons. The van der Waals surface area contributed by atoms with Crippen LogP contribution in [0.3, 0.4) is 0 Å². The van der Waals surface area contributed by atoms with E-state index in [9.17, 15) is 0 Å². The first kappa shape index (κ1) is 12.0. The zero-order valence-electron chi connectivity index (χ0n) is 10.4. The van der Waals surface area contributed by atoms with Gasteiger partial charge in [0.1, 0.15) is 18.5 Å². The summed E-state index contributed by atoms with van der Waals surface area (Å²) in [4.78, 5) is 0. The Morgan fingerprint density at radius 2 is 2.17 bits per heavy atom. The van der Waals surface area contributed by atoms with Gasteiger partial charge in [-0.1, -0.05) is 18.2 Å². The van der Waals surface area contributed by atoms with Crippen LogP contribution in [0.15, 0.2) is 24.3 Å². The van der Waals surface area contributed by atoms with Gasteiger partial charge in [0.2, 0.25) is 0 Å². The van der Waals surface area contributed by atoms with E-state index >= 15 is 0 Å². The predicted molar refractivity (Wildman–Crippen MR) is 67.5 cm³/mol. The Hall–Kier alpha value is -1.10. The van der Waals surface area contributed by atoms with Crippen molar-refractivity contribution in [2.75, 3.05) is 26.4 Å². The Bertz CT molecular complexity index is 404. The summed E-state index contributed by atoms with van der Waals surface area (Å²) in [5.74, 6) is 1.39. The van der Waals surface area contributed by atoms with E-state index in [0.717, 1.165) is 30.9 Å². The average Bonchev–Trinajstić information content (AvgIpc) is 2.91. The van der Waals surface area contributed by atoms with Gasteiger partial charge in [-0.25, -0.2) is 0 Å². The van der Waals surface area contributed by atoms with Gasteiger partial charge in [-0.2, -0.15) is 0 Å². The van der Waals surface area contributed by atoms with E-state index in [0.29, 0.717) is 19.1 Å². The van der Waals surface area contributed by atoms with Gasteiger partial charge < -0.3 is 19.9 Å². The molecular formula is C14H19NO3. The summed E-state index contributed by atoms with van der Waals surface area (Å²) in [5, 5.41) is 0. The molecule has 0 bridgehead atoms. The molecule has 0 spiro atoms. The minimum atomic E-state index is -0.0997. The van der Waals surface area contributed by atoms with Crippen molar-refractivity contribution in [1.82, 2.24) is 0 Å². The summed E-state index contributed by atoms with van der Waals surface area (Å²) < 4.78 is 16.9. The second-order valence-electron chi connectivity index (χ2n) is 4.98. The molecule has 4 nitrogen and oxygen atoms in total. The Kier molecular flexibility index (Phi) is 3.50. The lowest BCUT2D eigenvalue weighted by atomic mass is 9.99.